The molecule has 0 heterocycles. The second-order valence-electron chi connectivity index (χ2n) is 6.71. The van der Waals surface area contributed by atoms with Crippen LogP contribution in [-0.2, 0) is 27.2 Å². The Morgan fingerprint density at radius 1 is 1.14 bits per heavy atom. The first-order valence-electron chi connectivity index (χ1n) is 9.60. The molecule has 1 atom stereocenters. The van der Waals surface area contributed by atoms with Crippen molar-refractivity contribution < 1.29 is 19.1 Å². The van der Waals surface area contributed by atoms with Gasteiger partial charge in [-0.3, -0.25) is 4.79 Å². The molecule has 0 fully saturated rings. The molecule has 0 saturated carbocycles. The summed E-state index contributed by atoms with van der Waals surface area (Å²) < 4.78 is 10.7. The molecular weight excluding hydrogens is 354 g/mol. The third-order valence-corrected chi connectivity index (χ3v) is 4.65. The van der Waals surface area contributed by atoms with Crippen molar-refractivity contribution >= 4 is 23.6 Å². The lowest BCUT2D eigenvalue weighted by Crippen LogP contribution is -2.29. The molecule has 2 aromatic rings. The predicted molar refractivity (Wildman–Crippen MR) is 109 cm³/mol. The third kappa shape index (κ3) is 5.00. The van der Waals surface area contributed by atoms with Gasteiger partial charge in [0.05, 0.1) is 6.61 Å². The number of rotatable bonds is 7. The first-order chi connectivity index (χ1) is 13.6. The van der Waals surface area contributed by atoms with Gasteiger partial charge in [0.25, 0.3) is 5.91 Å². The molecule has 1 amide bonds. The van der Waals surface area contributed by atoms with Crippen LogP contribution in [0.4, 0.5) is 5.69 Å². The summed E-state index contributed by atoms with van der Waals surface area (Å²) in [7, 11) is 0. The zero-order valence-corrected chi connectivity index (χ0v) is 16.2. The SMILES string of the molecule is CCOc1ccccc1/C=C/C(=O)O[C@H](C)C(=O)Nc1ccc2c(c1)CCC2. The first kappa shape index (κ1) is 19.7. The van der Waals surface area contributed by atoms with Crippen LogP contribution < -0.4 is 10.1 Å². The van der Waals surface area contributed by atoms with Gasteiger partial charge in [0.2, 0.25) is 0 Å². The number of nitrogens with one attached hydrogen (secondary N) is 1. The van der Waals surface area contributed by atoms with Gasteiger partial charge < -0.3 is 14.8 Å². The van der Waals surface area contributed by atoms with Crippen LogP contribution in [0.5, 0.6) is 5.75 Å². The predicted octanol–water partition coefficient (Wildman–Crippen LogP) is 4.16. The molecule has 146 valence electrons. The maximum atomic E-state index is 12.3. The van der Waals surface area contributed by atoms with Crippen molar-refractivity contribution in [2.75, 3.05) is 11.9 Å². The van der Waals surface area contributed by atoms with E-state index in [1.165, 1.54) is 17.2 Å². The maximum Gasteiger partial charge on any atom is 0.331 e. The standard InChI is InChI=1S/C23H25NO4/c1-3-27-21-10-5-4-7-18(21)12-14-22(25)28-16(2)23(26)24-20-13-11-17-8-6-9-19(17)15-20/h4-5,7,10-16H,3,6,8-9H2,1-2H3,(H,24,26)/b14-12+/t16-/m1/s1. The molecule has 3 rings (SSSR count). The molecule has 5 heteroatoms. The monoisotopic (exact) mass is 379 g/mol. The van der Waals surface area contributed by atoms with Crippen molar-refractivity contribution in [3.63, 3.8) is 0 Å². The van der Waals surface area contributed by atoms with Crippen molar-refractivity contribution in [1.82, 2.24) is 0 Å². The van der Waals surface area contributed by atoms with E-state index in [0.29, 0.717) is 12.4 Å². The molecule has 1 aliphatic carbocycles. The summed E-state index contributed by atoms with van der Waals surface area (Å²) in [5.41, 5.74) is 4.12. The van der Waals surface area contributed by atoms with Crippen molar-refractivity contribution in [2.24, 2.45) is 0 Å². The molecule has 2 aromatic carbocycles. The molecule has 28 heavy (non-hydrogen) atoms. The molecule has 0 unspecified atom stereocenters. The number of benzene rings is 2. The lowest BCUT2D eigenvalue weighted by atomic mass is 10.1. The van der Waals surface area contributed by atoms with Crippen molar-refractivity contribution in [3.8, 4) is 5.75 Å². The summed E-state index contributed by atoms with van der Waals surface area (Å²) >= 11 is 0. The van der Waals surface area contributed by atoms with Crippen molar-refractivity contribution in [3.05, 3.63) is 65.2 Å². The molecule has 0 spiro atoms. The molecule has 1 aliphatic rings. The molecular formula is C23H25NO4. The Morgan fingerprint density at radius 2 is 1.93 bits per heavy atom. The summed E-state index contributed by atoms with van der Waals surface area (Å²) in [6, 6.07) is 13.3. The normalized spacial score (nSPS) is 13.8. The van der Waals surface area contributed by atoms with Crippen molar-refractivity contribution in [2.45, 2.75) is 39.2 Å². The fraction of sp³-hybridized carbons (Fsp3) is 0.304. The van der Waals surface area contributed by atoms with Crippen LogP contribution in [0.25, 0.3) is 6.08 Å². The number of carbonyl (C=O) groups is 2. The van der Waals surface area contributed by atoms with E-state index in [9.17, 15) is 9.59 Å². The van der Waals surface area contributed by atoms with E-state index < -0.39 is 12.1 Å². The lowest BCUT2D eigenvalue weighted by molar-refractivity contribution is -0.148. The van der Waals surface area contributed by atoms with Crippen LogP contribution in [0.1, 0.15) is 37.0 Å². The van der Waals surface area contributed by atoms with E-state index in [1.54, 1.807) is 13.0 Å². The third-order valence-electron chi connectivity index (χ3n) is 4.65. The average molecular weight is 379 g/mol. The molecule has 0 radical (unpaired) electrons. The Kier molecular flexibility index (Phi) is 6.48. The minimum Gasteiger partial charge on any atom is -0.493 e. The van der Waals surface area contributed by atoms with E-state index in [2.05, 4.69) is 5.32 Å². The van der Waals surface area contributed by atoms with Gasteiger partial charge in [0.1, 0.15) is 5.75 Å². The Morgan fingerprint density at radius 3 is 2.75 bits per heavy atom. The smallest absolute Gasteiger partial charge is 0.331 e. The van der Waals surface area contributed by atoms with Gasteiger partial charge in [-0.15, -0.1) is 0 Å². The highest BCUT2D eigenvalue weighted by Crippen LogP contribution is 2.25. The lowest BCUT2D eigenvalue weighted by Gasteiger charge is -2.13. The number of carbonyl (C=O) groups excluding carboxylic acids is 2. The Hall–Kier alpha value is -3.08. The number of amides is 1. The highest BCUT2D eigenvalue weighted by atomic mass is 16.5. The molecule has 0 aliphatic heterocycles. The second-order valence-corrected chi connectivity index (χ2v) is 6.71. The Bertz CT molecular complexity index is 888. The van der Waals surface area contributed by atoms with E-state index in [1.807, 2.05) is 49.4 Å². The molecule has 5 nitrogen and oxygen atoms in total. The highest BCUT2D eigenvalue weighted by Gasteiger charge is 2.18. The van der Waals surface area contributed by atoms with Gasteiger partial charge in [-0.05, 0) is 68.5 Å². The van der Waals surface area contributed by atoms with Gasteiger partial charge in [-0.2, -0.15) is 0 Å². The first-order valence-corrected chi connectivity index (χ1v) is 9.60. The second kappa shape index (κ2) is 9.22. The van der Waals surface area contributed by atoms with Crippen LogP contribution in [0.3, 0.4) is 0 Å². The van der Waals surface area contributed by atoms with Gasteiger partial charge >= 0.3 is 5.97 Å². The van der Waals surface area contributed by atoms with Crippen molar-refractivity contribution in [1.29, 1.82) is 0 Å². The minimum atomic E-state index is -0.896. The summed E-state index contributed by atoms with van der Waals surface area (Å²) in [4.78, 5) is 24.4. The van der Waals surface area contributed by atoms with Crippen LogP contribution in [-0.4, -0.2) is 24.6 Å². The highest BCUT2D eigenvalue weighted by molar-refractivity contribution is 5.96. The van der Waals surface area contributed by atoms with E-state index in [4.69, 9.17) is 9.47 Å². The van der Waals surface area contributed by atoms with Gasteiger partial charge in [-0.1, -0.05) is 24.3 Å². The Balaban J connectivity index is 1.55. The van der Waals surface area contributed by atoms with E-state index >= 15 is 0 Å². The zero-order valence-electron chi connectivity index (χ0n) is 16.2. The number of hydrogen-bond donors (Lipinski definition) is 1. The van der Waals surface area contributed by atoms with Gasteiger partial charge in [0.15, 0.2) is 6.10 Å². The summed E-state index contributed by atoms with van der Waals surface area (Å²) in [5, 5.41) is 2.82. The number of ether oxygens (including phenoxy) is 2. The average Bonchev–Trinajstić information content (AvgIpc) is 3.15. The molecule has 0 saturated heterocycles. The van der Waals surface area contributed by atoms with Crippen LogP contribution >= 0.6 is 0 Å². The number of fused-ring (bicyclic) bond motifs is 1. The van der Waals surface area contributed by atoms with Gasteiger partial charge in [0, 0.05) is 17.3 Å². The van der Waals surface area contributed by atoms with Crippen LogP contribution in [0, 0.1) is 0 Å². The molecule has 0 aromatic heterocycles. The van der Waals surface area contributed by atoms with E-state index in [0.717, 1.165) is 30.5 Å². The Labute approximate surface area is 165 Å². The molecule has 0 bridgehead atoms. The number of hydrogen-bond acceptors (Lipinski definition) is 4. The number of aryl methyl sites for hydroxylation is 2. The van der Waals surface area contributed by atoms with Crippen LogP contribution in [0.2, 0.25) is 0 Å². The topological polar surface area (TPSA) is 64.6 Å². The summed E-state index contributed by atoms with van der Waals surface area (Å²) in [5.74, 6) is -0.242. The fourth-order valence-electron chi connectivity index (χ4n) is 3.22. The zero-order chi connectivity index (χ0) is 19.9. The minimum absolute atomic E-state index is 0.352. The number of esters is 1. The number of para-hydroxylation sites is 1. The summed E-state index contributed by atoms with van der Waals surface area (Å²) in [6.07, 6.45) is 5.32. The largest absolute Gasteiger partial charge is 0.493 e. The quantitative estimate of drug-likeness (QED) is 0.580. The molecule has 1 N–H and O–H groups in total. The number of anilines is 1. The van der Waals surface area contributed by atoms with Crippen LogP contribution in [0.15, 0.2) is 48.5 Å². The van der Waals surface area contributed by atoms with E-state index in [-0.39, 0.29) is 5.91 Å². The maximum absolute atomic E-state index is 12.3. The summed E-state index contributed by atoms with van der Waals surface area (Å²) in [6.45, 7) is 3.99. The van der Waals surface area contributed by atoms with Gasteiger partial charge in [-0.25, -0.2) is 4.79 Å². The fourth-order valence-corrected chi connectivity index (χ4v) is 3.22.